The number of allylic oxidation sites excluding steroid dienone is 1. The standard InChI is InChI=1S/C15H11Br2NO2/c16-14-7-6-12(10-15(14)17)9-13(18(19)20)8-11-4-2-1-3-5-11/h1-7,9-10H,8H2/b13-9+. The highest BCUT2D eigenvalue weighted by Gasteiger charge is 2.12. The molecule has 5 heteroatoms. The maximum absolute atomic E-state index is 11.2. The van der Waals surface area contributed by atoms with Crippen LogP contribution in [0.1, 0.15) is 11.1 Å². The minimum Gasteiger partial charge on any atom is -0.259 e. The van der Waals surface area contributed by atoms with Crippen LogP contribution in [0.5, 0.6) is 0 Å². The van der Waals surface area contributed by atoms with Gasteiger partial charge in [0.25, 0.3) is 5.70 Å². The van der Waals surface area contributed by atoms with Crippen LogP contribution < -0.4 is 0 Å². The van der Waals surface area contributed by atoms with E-state index >= 15 is 0 Å². The van der Waals surface area contributed by atoms with Crippen molar-refractivity contribution in [3.05, 3.63) is 84.4 Å². The molecule has 0 unspecified atom stereocenters. The number of benzene rings is 2. The van der Waals surface area contributed by atoms with Gasteiger partial charge in [-0.1, -0.05) is 36.4 Å². The molecule has 2 aromatic rings. The summed E-state index contributed by atoms with van der Waals surface area (Å²) in [6.07, 6.45) is 1.91. The molecule has 2 aromatic carbocycles. The van der Waals surface area contributed by atoms with Gasteiger partial charge < -0.3 is 0 Å². The summed E-state index contributed by atoms with van der Waals surface area (Å²) >= 11 is 6.77. The lowest BCUT2D eigenvalue weighted by Crippen LogP contribution is -2.02. The van der Waals surface area contributed by atoms with Crippen molar-refractivity contribution in [2.24, 2.45) is 0 Å². The van der Waals surface area contributed by atoms with E-state index in [1.165, 1.54) is 0 Å². The molecule has 20 heavy (non-hydrogen) atoms. The number of hydrogen-bond acceptors (Lipinski definition) is 2. The van der Waals surface area contributed by atoms with Crippen LogP contribution in [-0.4, -0.2) is 4.92 Å². The molecule has 0 bridgehead atoms. The Hall–Kier alpha value is -1.46. The second-order valence-corrected chi connectivity index (χ2v) is 5.94. The Labute approximate surface area is 133 Å². The lowest BCUT2D eigenvalue weighted by Gasteiger charge is -2.01. The van der Waals surface area contributed by atoms with Crippen molar-refractivity contribution < 1.29 is 4.92 Å². The maximum atomic E-state index is 11.2. The van der Waals surface area contributed by atoms with Crippen LogP contribution >= 0.6 is 31.9 Å². The van der Waals surface area contributed by atoms with E-state index in [1.807, 2.05) is 48.5 Å². The Balaban J connectivity index is 2.30. The Morgan fingerprint density at radius 3 is 2.40 bits per heavy atom. The zero-order chi connectivity index (χ0) is 14.5. The highest BCUT2D eigenvalue weighted by molar-refractivity contribution is 9.13. The normalized spacial score (nSPS) is 11.4. The maximum Gasteiger partial charge on any atom is 0.251 e. The van der Waals surface area contributed by atoms with Crippen molar-refractivity contribution >= 4 is 37.9 Å². The van der Waals surface area contributed by atoms with Gasteiger partial charge in [-0.25, -0.2) is 0 Å². The predicted octanol–water partition coefficient (Wildman–Crippen LogP) is 5.07. The third kappa shape index (κ3) is 4.02. The van der Waals surface area contributed by atoms with Crippen LogP contribution in [0.2, 0.25) is 0 Å². The zero-order valence-electron chi connectivity index (χ0n) is 10.4. The van der Waals surface area contributed by atoms with Gasteiger partial charge in [-0.2, -0.15) is 0 Å². The van der Waals surface area contributed by atoms with Gasteiger partial charge >= 0.3 is 0 Å². The summed E-state index contributed by atoms with van der Waals surface area (Å²) in [6, 6.07) is 15.0. The van der Waals surface area contributed by atoms with E-state index in [0.29, 0.717) is 6.42 Å². The fourth-order valence-corrected chi connectivity index (χ4v) is 2.41. The van der Waals surface area contributed by atoms with E-state index in [-0.39, 0.29) is 10.6 Å². The van der Waals surface area contributed by atoms with Crippen LogP contribution in [0.15, 0.2) is 63.2 Å². The highest BCUT2D eigenvalue weighted by Crippen LogP contribution is 2.25. The van der Waals surface area contributed by atoms with Gasteiger partial charge in [0, 0.05) is 15.0 Å². The highest BCUT2D eigenvalue weighted by atomic mass is 79.9. The molecule has 0 N–H and O–H groups in total. The summed E-state index contributed by atoms with van der Waals surface area (Å²) in [7, 11) is 0. The summed E-state index contributed by atoms with van der Waals surface area (Å²) in [6.45, 7) is 0. The lowest BCUT2D eigenvalue weighted by atomic mass is 10.1. The fraction of sp³-hybridized carbons (Fsp3) is 0.0667. The zero-order valence-corrected chi connectivity index (χ0v) is 13.6. The molecule has 0 atom stereocenters. The second-order valence-electron chi connectivity index (χ2n) is 4.23. The number of halogens is 2. The van der Waals surface area contributed by atoms with E-state index in [4.69, 9.17) is 0 Å². The van der Waals surface area contributed by atoms with Gasteiger partial charge in [0.2, 0.25) is 0 Å². The van der Waals surface area contributed by atoms with Crippen LogP contribution in [0.25, 0.3) is 6.08 Å². The first-order valence-corrected chi connectivity index (χ1v) is 7.49. The smallest absolute Gasteiger partial charge is 0.251 e. The first kappa shape index (κ1) is 14.9. The van der Waals surface area contributed by atoms with Crippen molar-refractivity contribution in [2.45, 2.75) is 6.42 Å². The molecule has 0 saturated carbocycles. The number of nitrogens with zero attached hydrogens (tertiary/aromatic N) is 1. The average molecular weight is 397 g/mol. The first-order valence-electron chi connectivity index (χ1n) is 5.90. The van der Waals surface area contributed by atoms with Crippen LogP contribution in [0.3, 0.4) is 0 Å². The number of rotatable bonds is 4. The van der Waals surface area contributed by atoms with E-state index in [2.05, 4.69) is 31.9 Å². The molecular weight excluding hydrogens is 386 g/mol. The molecule has 0 aliphatic carbocycles. The molecule has 0 fully saturated rings. The summed E-state index contributed by atoms with van der Waals surface area (Å²) in [4.78, 5) is 10.8. The summed E-state index contributed by atoms with van der Waals surface area (Å²) in [5.41, 5.74) is 1.89. The molecular formula is C15H11Br2NO2. The largest absolute Gasteiger partial charge is 0.259 e. The molecule has 0 aliphatic heterocycles. The predicted molar refractivity (Wildman–Crippen MR) is 87.0 cm³/mol. The Morgan fingerprint density at radius 1 is 1.10 bits per heavy atom. The third-order valence-corrected chi connectivity index (χ3v) is 4.62. The van der Waals surface area contributed by atoms with Gasteiger partial charge in [0.15, 0.2) is 0 Å². The fourth-order valence-electron chi connectivity index (χ4n) is 1.77. The summed E-state index contributed by atoms with van der Waals surface area (Å²) in [5, 5.41) is 11.2. The van der Waals surface area contributed by atoms with Crippen molar-refractivity contribution in [1.82, 2.24) is 0 Å². The van der Waals surface area contributed by atoms with Gasteiger partial charge in [0.1, 0.15) is 0 Å². The molecule has 0 amide bonds. The van der Waals surface area contributed by atoms with Crippen LogP contribution in [0.4, 0.5) is 0 Å². The molecule has 3 nitrogen and oxygen atoms in total. The minimum atomic E-state index is -0.330. The van der Waals surface area contributed by atoms with E-state index in [0.717, 1.165) is 20.1 Å². The van der Waals surface area contributed by atoms with Crippen LogP contribution in [0, 0.1) is 10.1 Å². The van der Waals surface area contributed by atoms with Crippen molar-refractivity contribution in [1.29, 1.82) is 0 Å². The van der Waals surface area contributed by atoms with E-state index in [9.17, 15) is 10.1 Å². The van der Waals surface area contributed by atoms with Crippen LogP contribution in [-0.2, 0) is 6.42 Å². The molecule has 102 valence electrons. The number of nitro groups is 1. The molecule has 2 rings (SSSR count). The van der Waals surface area contributed by atoms with Gasteiger partial charge in [0.05, 0.1) is 11.3 Å². The molecule has 0 heterocycles. The molecule has 0 radical (unpaired) electrons. The van der Waals surface area contributed by atoms with Crippen molar-refractivity contribution in [3.8, 4) is 0 Å². The summed E-state index contributed by atoms with van der Waals surface area (Å²) in [5.74, 6) is 0. The molecule has 0 aliphatic rings. The quantitative estimate of drug-likeness (QED) is 0.534. The summed E-state index contributed by atoms with van der Waals surface area (Å²) < 4.78 is 1.79. The van der Waals surface area contributed by atoms with Crippen molar-refractivity contribution in [2.75, 3.05) is 0 Å². The Kier molecular flexibility index (Phi) is 5.09. The first-order chi connectivity index (χ1) is 9.56. The molecule has 0 saturated heterocycles. The minimum absolute atomic E-state index is 0.172. The van der Waals surface area contributed by atoms with E-state index < -0.39 is 0 Å². The molecule has 0 spiro atoms. The monoisotopic (exact) mass is 395 g/mol. The SMILES string of the molecule is O=[N+]([O-])/C(=C/c1ccc(Br)c(Br)c1)Cc1ccccc1. The van der Waals surface area contributed by atoms with E-state index in [1.54, 1.807) is 6.08 Å². The molecule has 0 aromatic heterocycles. The van der Waals surface area contributed by atoms with Gasteiger partial charge in [-0.15, -0.1) is 0 Å². The average Bonchev–Trinajstić information content (AvgIpc) is 2.43. The Bertz CT molecular complexity index is 654. The second kappa shape index (κ2) is 6.81. The third-order valence-electron chi connectivity index (χ3n) is 2.74. The topological polar surface area (TPSA) is 43.1 Å². The number of hydrogen-bond donors (Lipinski definition) is 0. The van der Waals surface area contributed by atoms with Crippen molar-refractivity contribution in [3.63, 3.8) is 0 Å². The van der Waals surface area contributed by atoms with Gasteiger partial charge in [-0.05, 0) is 55.1 Å². The Morgan fingerprint density at radius 2 is 1.80 bits per heavy atom. The lowest BCUT2D eigenvalue weighted by molar-refractivity contribution is -0.425. The van der Waals surface area contributed by atoms with Gasteiger partial charge in [-0.3, -0.25) is 10.1 Å².